The maximum atomic E-state index is 12.3. The minimum absolute atomic E-state index is 0.00153. The molecule has 19 heavy (non-hydrogen) atoms. The second-order valence-corrected chi connectivity index (χ2v) is 4.08. The molecule has 0 saturated carbocycles. The summed E-state index contributed by atoms with van der Waals surface area (Å²) in [6.07, 6.45) is 0. The Hall–Kier alpha value is -2.69. The molecule has 0 radical (unpaired) electrons. The third-order valence-electron chi connectivity index (χ3n) is 3.00. The number of hydrogen-bond acceptors (Lipinski definition) is 5. The molecule has 96 valence electrons. The maximum absolute atomic E-state index is 12.3. The zero-order chi connectivity index (χ0) is 13.6. The van der Waals surface area contributed by atoms with Crippen LogP contribution >= 0.6 is 0 Å². The van der Waals surface area contributed by atoms with Crippen LogP contribution in [0.5, 0.6) is 17.2 Å². The van der Waals surface area contributed by atoms with E-state index in [1.807, 2.05) is 0 Å². The van der Waals surface area contributed by atoms with Crippen LogP contribution in [0.15, 0.2) is 39.5 Å². The molecule has 3 aromatic rings. The van der Waals surface area contributed by atoms with Crippen molar-refractivity contribution in [3.8, 4) is 17.2 Å². The van der Waals surface area contributed by atoms with Crippen LogP contribution in [0.2, 0.25) is 0 Å². The summed E-state index contributed by atoms with van der Waals surface area (Å²) in [6, 6.07) is 7.53. The molecule has 5 heteroatoms. The second-order valence-electron chi connectivity index (χ2n) is 4.08. The molecule has 0 aliphatic carbocycles. The van der Waals surface area contributed by atoms with Gasteiger partial charge in [0.1, 0.15) is 0 Å². The molecule has 1 heterocycles. The molecule has 0 aliphatic rings. The lowest BCUT2D eigenvalue weighted by molar-refractivity contribution is 0.372. The van der Waals surface area contributed by atoms with Crippen LogP contribution in [0, 0.1) is 0 Å². The van der Waals surface area contributed by atoms with Crippen LogP contribution in [0.25, 0.3) is 21.9 Å². The highest BCUT2D eigenvalue weighted by Gasteiger charge is 2.15. The predicted molar refractivity (Wildman–Crippen MR) is 69.9 cm³/mol. The van der Waals surface area contributed by atoms with Gasteiger partial charge in [-0.25, -0.2) is 0 Å². The van der Waals surface area contributed by atoms with E-state index in [1.54, 1.807) is 12.1 Å². The van der Waals surface area contributed by atoms with Gasteiger partial charge >= 0.3 is 0 Å². The quantitative estimate of drug-likeness (QED) is 0.655. The lowest BCUT2D eigenvalue weighted by atomic mass is 10.1. The average Bonchev–Trinajstić information content (AvgIpc) is 2.41. The van der Waals surface area contributed by atoms with E-state index in [4.69, 9.17) is 9.15 Å². The van der Waals surface area contributed by atoms with Gasteiger partial charge in [0.05, 0.1) is 17.9 Å². The minimum Gasteiger partial charge on any atom is -0.504 e. The smallest absolute Gasteiger partial charge is 0.202 e. The van der Waals surface area contributed by atoms with E-state index in [9.17, 15) is 15.0 Å². The third-order valence-corrected chi connectivity index (χ3v) is 3.00. The molecule has 3 rings (SSSR count). The Kier molecular flexibility index (Phi) is 2.35. The third kappa shape index (κ3) is 1.52. The molecule has 0 atom stereocenters. The summed E-state index contributed by atoms with van der Waals surface area (Å²) in [5.41, 5.74) is -0.271. The largest absolute Gasteiger partial charge is 0.504 e. The normalized spacial score (nSPS) is 11.0. The highest BCUT2D eigenvalue weighted by atomic mass is 16.5. The van der Waals surface area contributed by atoms with Crippen LogP contribution in [0.1, 0.15) is 0 Å². The summed E-state index contributed by atoms with van der Waals surface area (Å²) in [5, 5.41) is 20.2. The predicted octanol–water partition coefficient (Wildman–Crippen LogP) is 2.37. The van der Waals surface area contributed by atoms with Crippen LogP contribution in [0.4, 0.5) is 0 Å². The Morgan fingerprint density at radius 1 is 1.05 bits per heavy atom. The van der Waals surface area contributed by atoms with E-state index in [0.29, 0.717) is 0 Å². The average molecular weight is 258 g/mol. The molecule has 0 spiro atoms. The van der Waals surface area contributed by atoms with Crippen LogP contribution in [-0.2, 0) is 0 Å². The Balaban J connectivity index is 2.58. The van der Waals surface area contributed by atoms with Crippen molar-refractivity contribution in [1.29, 1.82) is 0 Å². The summed E-state index contributed by atoms with van der Waals surface area (Å²) in [5.74, 6) is -0.216. The summed E-state index contributed by atoms with van der Waals surface area (Å²) < 4.78 is 10.4. The number of benzene rings is 2. The van der Waals surface area contributed by atoms with E-state index in [2.05, 4.69) is 0 Å². The number of para-hydroxylation sites is 1. The number of rotatable bonds is 1. The molecule has 0 amide bonds. The number of methoxy groups -OCH3 is 1. The van der Waals surface area contributed by atoms with Crippen LogP contribution in [0.3, 0.4) is 0 Å². The molecule has 2 N–H and O–H groups in total. The lowest BCUT2D eigenvalue weighted by Gasteiger charge is -2.07. The molecule has 5 nitrogen and oxygen atoms in total. The van der Waals surface area contributed by atoms with Crippen LogP contribution in [-0.4, -0.2) is 17.3 Å². The molecule has 0 bridgehead atoms. The monoisotopic (exact) mass is 258 g/mol. The molecule has 0 fully saturated rings. The van der Waals surface area contributed by atoms with E-state index in [1.165, 1.54) is 25.3 Å². The van der Waals surface area contributed by atoms with Gasteiger partial charge in [-0.05, 0) is 24.3 Å². The van der Waals surface area contributed by atoms with Gasteiger partial charge in [0, 0.05) is 0 Å². The fourth-order valence-corrected chi connectivity index (χ4v) is 2.06. The Labute approximate surface area is 107 Å². The number of phenols is 2. The van der Waals surface area contributed by atoms with Gasteiger partial charge in [0.2, 0.25) is 11.2 Å². The van der Waals surface area contributed by atoms with E-state index >= 15 is 0 Å². The summed E-state index contributed by atoms with van der Waals surface area (Å²) in [7, 11) is 1.40. The Morgan fingerprint density at radius 2 is 1.79 bits per heavy atom. The lowest BCUT2D eigenvalue weighted by Crippen LogP contribution is -2.02. The van der Waals surface area contributed by atoms with Gasteiger partial charge in [-0.3, -0.25) is 4.79 Å². The fraction of sp³-hybridized carbons (Fsp3) is 0.0714. The SMILES string of the molecule is COc1ccc2c(=O)c3cccc(O)c3oc2c1O. The zero-order valence-electron chi connectivity index (χ0n) is 10.0. The minimum atomic E-state index is -0.315. The molecule has 1 aromatic heterocycles. The first-order chi connectivity index (χ1) is 9.13. The zero-order valence-corrected chi connectivity index (χ0v) is 10.0. The topological polar surface area (TPSA) is 79.9 Å². The van der Waals surface area contributed by atoms with Gasteiger partial charge < -0.3 is 19.4 Å². The molecular formula is C14H10O5. The van der Waals surface area contributed by atoms with E-state index < -0.39 is 0 Å². The van der Waals surface area contributed by atoms with Gasteiger partial charge in [-0.1, -0.05) is 6.07 Å². The summed E-state index contributed by atoms with van der Waals surface area (Å²) in [6.45, 7) is 0. The van der Waals surface area contributed by atoms with Crippen molar-refractivity contribution in [2.24, 2.45) is 0 Å². The Bertz CT molecular complexity index is 848. The maximum Gasteiger partial charge on any atom is 0.202 e. The molecule has 0 aliphatic heterocycles. The van der Waals surface area contributed by atoms with Crippen molar-refractivity contribution >= 4 is 21.9 Å². The highest BCUT2D eigenvalue weighted by Crippen LogP contribution is 2.36. The summed E-state index contributed by atoms with van der Waals surface area (Å²) in [4.78, 5) is 12.3. The van der Waals surface area contributed by atoms with Crippen molar-refractivity contribution in [2.45, 2.75) is 0 Å². The van der Waals surface area contributed by atoms with Crippen molar-refractivity contribution < 1.29 is 19.4 Å². The van der Waals surface area contributed by atoms with Crippen molar-refractivity contribution in [3.05, 3.63) is 40.6 Å². The van der Waals surface area contributed by atoms with Gasteiger partial charge in [-0.2, -0.15) is 0 Å². The first kappa shape index (κ1) is 11.4. The van der Waals surface area contributed by atoms with E-state index in [0.717, 1.165) is 0 Å². The molecular weight excluding hydrogens is 248 g/mol. The first-order valence-electron chi connectivity index (χ1n) is 5.58. The second kappa shape index (κ2) is 3.91. The Morgan fingerprint density at radius 3 is 2.53 bits per heavy atom. The number of hydrogen-bond donors (Lipinski definition) is 2. The number of ether oxygens (including phenoxy) is 1. The van der Waals surface area contributed by atoms with Crippen molar-refractivity contribution in [1.82, 2.24) is 0 Å². The van der Waals surface area contributed by atoms with Crippen LogP contribution < -0.4 is 10.2 Å². The molecule has 0 unspecified atom stereocenters. The molecule has 2 aromatic carbocycles. The number of fused-ring (bicyclic) bond motifs is 2. The first-order valence-corrected chi connectivity index (χ1v) is 5.58. The van der Waals surface area contributed by atoms with Crippen molar-refractivity contribution in [2.75, 3.05) is 7.11 Å². The number of aromatic hydroxyl groups is 2. The fourth-order valence-electron chi connectivity index (χ4n) is 2.06. The van der Waals surface area contributed by atoms with Gasteiger partial charge in [0.15, 0.2) is 22.7 Å². The standard InChI is InChI=1S/C14H10O5/c1-18-10-6-5-8-11(16)7-3-2-4-9(15)13(7)19-14(8)12(10)17/h2-6,15,17H,1H3. The van der Waals surface area contributed by atoms with Gasteiger partial charge in [-0.15, -0.1) is 0 Å². The number of phenolic OH excluding ortho intramolecular Hbond substituents is 2. The van der Waals surface area contributed by atoms with Gasteiger partial charge in [0.25, 0.3) is 0 Å². The molecule has 0 saturated heterocycles. The van der Waals surface area contributed by atoms with Crippen molar-refractivity contribution in [3.63, 3.8) is 0 Å². The van der Waals surface area contributed by atoms with E-state index in [-0.39, 0.29) is 44.6 Å². The summed E-state index contributed by atoms with van der Waals surface area (Å²) >= 11 is 0. The highest BCUT2D eigenvalue weighted by molar-refractivity contribution is 5.95.